The quantitative estimate of drug-likeness (QED) is 0.851. The molecule has 118 valence electrons. The van der Waals surface area contributed by atoms with Gasteiger partial charge in [-0.2, -0.15) is 0 Å². The molecule has 0 bridgehead atoms. The number of aliphatic hydroxyl groups is 1. The van der Waals surface area contributed by atoms with Gasteiger partial charge in [0.05, 0.1) is 6.10 Å². The maximum atomic E-state index is 10.5. The molecule has 1 N–H and O–H groups in total. The van der Waals surface area contributed by atoms with Gasteiger partial charge in [0, 0.05) is 23.5 Å². The van der Waals surface area contributed by atoms with E-state index >= 15 is 0 Å². The van der Waals surface area contributed by atoms with Crippen LogP contribution in [0.2, 0.25) is 0 Å². The van der Waals surface area contributed by atoms with Gasteiger partial charge in [0.2, 0.25) is 0 Å². The molecule has 0 saturated heterocycles. The van der Waals surface area contributed by atoms with E-state index in [0.717, 1.165) is 19.4 Å². The Morgan fingerprint density at radius 3 is 2.57 bits per heavy atom. The Kier molecular flexibility index (Phi) is 3.72. The minimum absolute atomic E-state index is 0.212. The summed E-state index contributed by atoms with van der Waals surface area (Å²) >= 11 is 0. The van der Waals surface area contributed by atoms with Crippen LogP contribution in [-0.4, -0.2) is 9.67 Å². The van der Waals surface area contributed by atoms with Crippen LogP contribution in [0, 0.1) is 17.8 Å². The van der Waals surface area contributed by atoms with Crippen molar-refractivity contribution < 1.29 is 5.11 Å². The van der Waals surface area contributed by atoms with Crippen LogP contribution in [0.3, 0.4) is 0 Å². The molecule has 0 radical (unpaired) electrons. The molecule has 0 amide bonds. The van der Waals surface area contributed by atoms with E-state index in [1.807, 2.05) is 0 Å². The van der Waals surface area contributed by atoms with Crippen molar-refractivity contribution in [1.29, 1.82) is 0 Å². The van der Waals surface area contributed by atoms with Gasteiger partial charge >= 0.3 is 0 Å². The average molecular weight is 289 g/mol. The van der Waals surface area contributed by atoms with E-state index in [4.69, 9.17) is 0 Å². The number of aliphatic hydroxyl groups excluding tert-OH is 1. The third-order valence-corrected chi connectivity index (χ3v) is 6.11. The lowest BCUT2D eigenvalue weighted by atomic mass is 9.75. The fourth-order valence-electron chi connectivity index (χ4n) is 4.70. The van der Waals surface area contributed by atoms with Crippen molar-refractivity contribution in [3.63, 3.8) is 0 Å². The van der Waals surface area contributed by atoms with Crippen molar-refractivity contribution in [1.82, 2.24) is 4.57 Å². The normalized spacial score (nSPS) is 26.8. The Labute approximate surface area is 129 Å². The minimum Gasteiger partial charge on any atom is -0.388 e. The van der Waals surface area contributed by atoms with Gasteiger partial charge in [0.15, 0.2) is 0 Å². The maximum Gasteiger partial charge on any atom is 0.0812 e. The van der Waals surface area contributed by atoms with Crippen LogP contribution in [0.1, 0.15) is 82.4 Å². The SMILES string of the molecule is CCC1(Cn2c(C)cc3c2CC(C)(C)CC3O)CCCC1. The van der Waals surface area contributed by atoms with E-state index in [2.05, 4.69) is 38.3 Å². The predicted octanol–water partition coefficient (Wildman–Crippen LogP) is 4.77. The van der Waals surface area contributed by atoms with Crippen molar-refractivity contribution in [2.45, 2.75) is 85.3 Å². The summed E-state index contributed by atoms with van der Waals surface area (Å²) in [7, 11) is 0. The summed E-state index contributed by atoms with van der Waals surface area (Å²) in [6, 6.07) is 2.24. The van der Waals surface area contributed by atoms with Crippen LogP contribution in [-0.2, 0) is 13.0 Å². The van der Waals surface area contributed by atoms with Crippen LogP contribution in [0.15, 0.2) is 6.07 Å². The lowest BCUT2D eigenvalue weighted by Gasteiger charge is -2.36. The molecule has 1 aromatic rings. The van der Waals surface area contributed by atoms with Crippen molar-refractivity contribution >= 4 is 0 Å². The van der Waals surface area contributed by atoms with Crippen molar-refractivity contribution in [3.8, 4) is 0 Å². The zero-order valence-electron chi connectivity index (χ0n) is 14.2. The molecule has 2 aliphatic rings. The number of fused-ring (bicyclic) bond motifs is 1. The summed E-state index contributed by atoms with van der Waals surface area (Å²) in [4.78, 5) is 0. The number of nitrogens with zero attached hydrogens (tertiary/aromatic N) is 1. The van der Waals surface area contributed by atoms with Gasteiger partial charge in [0.25, 0.3) is 0 Å². The van der Waals surface area contributed by atoms with E-state index in [0.29, 0.717) is 5.41 Å². The first-order valence-electron chi connectivity index (χ1n) is 8.73. The van der Waals surface area contributed by atoms with Gasteiger partial charge in [-0.1, -0.05) is 33.6 Å². The third kappa shape index (κ3) is 2.67. The van der Waals surface area contributed by atoms with Crippen LogP contribution in [0.5, 0.6) is 0 Å². The van der Waals surface area contributed by atoms with Gasteiger partial charge in [0.1, 0.15) is 0 Å². The topological polar surface area (TPSA) is 25.2 Å². The van der Waals surface area contributed by atoms with E-state index in [1.165, 1.54) is 49.1 Å². The second kappa shape index (κ2) is 5.15. The molecule has 2 nitrogen and oxygen atoms in total. The van der Waals surface area contributed by atoms with Crippen LogP contribution < -0.4 is 0 Å². The zero-order valence-corrected chi connectivity index (χ0v) is 14.2. The first-order chi connectivity index (χ1) is 9.86. The summed E-state index contributed by atoms with van der Waals surface area (Å²) in [5.74, 6) is 0. The molecule has 1 heterocycles. The highest BCUT2D eigenvalue weighted by Gasteiger charge is 2.37. The van der Waals surface area contributed by atoms with Gasteiger partial charge in [-0.25, -0.2) is 0 Å². The van der Waals surface area contributed by atoms with Crippen LogP contribution >= 0.6 is 0 Å². The molecule has 0 aromatic carbocycles. The first-order valence-corrected chi connectivity index (χ1v) is 8.73. The highest BCUT2D eigenvalue weighted by atomic mass is 16.3. The number of hydrogen-bond donors (Lipinski definition) is 1. The number of aromatic nitrogens is 1. The highest BCUT2D eigenvalue weighted by molar-refractivity contribution is 5.33. The number of hydrogen-bond acceptors (Lipinski definition) is 1. The van der Waals surface area contributed by atoms with Crippen LogP contribution in [0.4, 0.5) is 0 Å². The molecule has 0 aliphatic heterocycles. The molecular formula is C19H31NO. The molecule has 2 heteroatoms. The molecule has 1 saturated carbocycles. The maximum absolute atomic E-state index is 10.5. The van der Waals surface area contributed by atoms with E-state index in [1.54, 1.807) is 0 Å². The number of aryl methyl sites for hydroxylation is 1. The largest absolute Gasteiger partial charge is 0.388 e. The Balaban J connectivity index is 1.97. The molecule has 2 aliphatic carbocycles. The molecule has 1 fully saturated rings. The summed E-state index contributed by atoms with van der Waals surface area (Å²) in [6.45, 7) is 10.3. The molecule has 1 atom stereocenters. The molecule has 1 unspecified atom stereocenters. The molecule has 21 heavy (non-hydrogen) atoms. The Morgan fingerprint density at radius 1 is 1.29 bits per heavy atom. The van der Waals surface area contributed by atoms with Gasteiger partial charge in [-0.15, -0.1) is 0 Å². The standard InChI is InChI=1S/C19H31NO/c1-5-19(8-6-7-9-19)13-20-14(2)10-15-16(20)11-18(3,4)12-17(15)21/h10,17,21H,5-9,11-13H2,1-4H3. The third-order valence-electron chi connectivity index (χ3n) is 6.11. The van der Waals surface area contributed by atoms with Crippen molar-refractivity contribution in [2.24, 2.45) is 10.8 Å². The predicted molar refractivity (Wildman–Crippen MR) is 87.4 cm³/mol. The Hall–Kier alpha value is -0.760. The monoisotopic (exact) mass is 289 g/mol. The fourth-order valence-corrected chi connectivity index (χ4v) is 4.70. The summed E-state index contributed by atoms with van der Waals surface area (Å²) in [6.07, 6.45) is 8.55. The van der Waals surface area contributed by atoms with Crippen molar-refractivity contribution in [2.75, 3.05) is 0 Å². The smallest absolute Gasteiger partial charge is 0.0812 e. The second-order valence-electron chi connectivity index (χ2n) is 8.40. The molecular weight excluding hydrogens is 258 g/mol. The Bertz CT molecular complexity index is 520. The summed E-state index contributed by atoms with van der Waals surface area (Å²) in [5, 5.41) is 10.5. The van der Waals surface area contributed by atoms with Gasteiger partial charge < -0.3 is 9.67 Å². The number of rotatable bonds is 3. The summed E-state index contributed by atoms with van der Waals surface area (Å²) in [5.41, 5.74) is 4.68. The van der Waals surface area contributed by atoms with Gasteiger partial charge in [-0.05, 0) is 55.9 Å². The lowest BCUT2D eigenvalue weighted by Crippen LogP contribution is -2.30. The lowest BCUT2D eigenvalue weighted by molar-refractivity contribution is 0.0966. The fraction of sp³-hybridized carbons (Fsp3) is 0.789. The van der Waals surface area contributed by atoms with E-state index < -0.39 is 0 Å². The minimum atomic E-state index is -0.273. The van der Waals surface area contributed by atoms with E-state index in [9.17, 15) is 5.11 Å². The molecule has 0 spiro atoms. The zero-order chi connectivity index (χ0) is 15.3. The highest BCUT2D eigenvalue weighted by Crippen LogP contribution is 2.46. The average Bonchev–Trinajstić information content (AvgIpc) is 2.98. The second-order valence-corrected chi connectivity index (χ2v) is 8.40. The Morgan fingerprint density at radius 2 is 1.95 bits per heavy atom. The van der Waals surface area contributed by atoms with Gasteiger partial charge in [-0.3, -0.25) is 0 Å². The van der Waals surface area contributed by atoms with Crippen LogP contribution in [0.25, 0.3) is 0 Å². The summed E-state index contributed by atoms with van der Waals surface area (Å²) < 4.78 is 2.55. The van der Waals surface area contributed by atoms with Crippen molar-refractivity contribution in [3.05, 3.63) is 23.0 Å². The van der Waals surface area contributed by atoms with E-state index in [-0.39, 0.29) is 11.5 Å². The molecule has 3 rings (SSSR count). The first kappa shape index (κ1) is 15.1. The molecule has 1 aromatic heterocycles.